The topological polar surface area (TPSA) is 12.9 Å². The lowest BCUT2D eigenvalue weighted by Crippen LogP contribution is -2.14. The first kappa shape index (κ1) is 18.9. The number of nitrogens with zero attached hydrogens (tertiary/aromatic N) is 1. The van der Waals surface area contributed by atoms with E-state index in [0.717, 1.165) is 29.9 Å². The number of halogens is 3. The summed E-state index contributed by atoms with van der Waals surface area (Å²) in [7, 11) is 0. The molecule has 140 valence electrons. The van der Waals surface area contributed by atoms with Crippen molar-refractivity contribution >= 4 is 0 Å². The first-order chi connectivity index (χ1) is 12.5. The normalized spacial score (nSPS) is 20.9. The summed E-state index contributed by atoms with van der Waals surface area (Å²) >= 11 is 0. The Morgan fingerprint density at radius 3 is 2.04 bits per heavy atom. The number of hydrogen-bond acceptors (Lipinski definition) is 1. The number of rotatable bonds is 5. The molecule has 1 aliphatic rings. The molecule has 0 amide bonds. The van der Waals surface area contributed by atoms with Crippen molar-refractivity contribution < 1.29 is 13.2 Å². The number of alkyl halides is 3. The highest BCUT2D eigenvalue weighted by molar-refractivity contribution is 5.62. The van der Waals surface area contributed by atoms with Gasteiger partial charge in [0, 0.05) is 11.8 Å². The second kappa shape index (κ2) is 8.24. The Morgan fingerprint density at radius 2 is 1.50 bits per heavy atom. The van der Waals surface area contributed by atoms with E-state index in [4.69, 9.17) is 0 Å². The smallest absolute Gasteiger partial charge is 0.251 e. The molecule has 0 aliphatic heterocycles. The summed E-state index contributed by atoms with van der Waals surface area (Å²) in [5, 5.41) is 0. The van der Waals surface area contributed by atoms with Gasteiger partial charge in [-0.2, -0.15) is 13.2 Å². The fraction of sp³-hybridized carbons (Fsp3) is 0.500. The van der Waals surface area contributed by atoms with Gasteiger partial charge < -0.3 is 0 Å². The van der Waals surface area contributed by atoms with Gasteiger partial charge in [0.15, 0.2) is 0 Å². The second-order valence-electron chi connectivity index (χ2n) is 7.46. The molecule has 1 fully saturated rings. The summed E-state index contributed by atoms with van der Waals surface area (Å²) < 4.78 is 37.8. The van der Waals surface area contributed by atoms with Crippen LogP contribution in [0.4, 0.5) is 13.2 Å². The largest absolute Gasteiger partial charge is 0.433 e. The summed E-state index contributed by atoms with van der Waals surface area (Å²) in [4.78, 5) is 3.53. The quantitative estimate of drug-likeness (QED) is 0.563. The van der Waals surface area contributed by atoms with Gasteiger partial charge in [-0.15, -0.1) is 0 Å². The van der Waals surface area contributed by atoms with Crippen LogP contribution in [0.5, 0.6) is 0 Å². The zero-order valence-corrected chi connectivity index (χ0v) is 15.2. The van der Waals surface area contributed by atoms with Crippen molar-refractivity contribution in [2.45, 2.75) is 58.0 Å². The van der Waals surface area contributed by atoms with Crippen molar-refractivity contribution in [3.05, 3.63) is 53.9 Å². The van der Waals surface area contributed by atoms with Crippen LogP contribution in [0.25, 0.3) is 11.1 Å². The maximum Gasteiger partial charge on any atom is 0.433 e. The molecule has 4 heteroatoms. The zero-order chi connectivity index (χ0) is 18.6. The van der Waals surface area contributed by atoms with Crippen molar-refractivity contribution in [2.24, 2.45) is 11.8 Å². The van der Waals surface area contributed by atoms with E-state index in [2.05, 4.69) is 24.0 Å². The van der Waals surface area contributed by atoms with E-state index in [1.54, 1.807) is 0 Å². The van der Waals surface area contributed by atoms with E-state index in [-0.39, 0.29) is 0 Å². The van der Waals surface area contributed by atoms with Gasteiger partial charge in [0.2, 0.25) is 0 Å². The highest BCUT2D eigenvalue weighted by atomic mass is 19.4. The Morgan fingerprint density at radius 1 is 0.885 bits per heavy atom. The standard InChI is InChI=1S/C22H26F3N/c1-2-16-3-5-17(6-4-16)7-8-18-9-11-19(12-10-18)20-13-14-21(26-15-20)22(23,24)25/h9-17H,2-8H2,1H3/t16-,17-. The minimum atomic E-state index is -4.39. The van der Waals surface area contributed by atoms with E-state index >= 15 is 0 Å². The van der Waals surface area contributed by atoms with E-state index < -0.39 is 11.9 Å². The van der Waals surface area contributed by atoms with E-state index in [9.17, 15) is 13.2 Å². The molecule has 0 radical (unpaired) electrons. The Balaban J connectivity index is 1.55. The molecule has 1 saturated carbocycles. The number of aromatic nitrogens is 1. The van der Waals surface area contributed by atoms with Gasteiger partial charge in [-0.25, -0.2) is 0 Å². The molecule has 0 atom stereocenters. The molecule has 3 rings (SSSR count). The third-order valence-electron chi connectivity index (χ3n) is 5.73. The molecule has 0 unspecified atom stereocenters. The highest BCUT2D eigenvalue weighted by Gasteiger charge is 2.32. The summed E-state index contributed by atoms with van der Waals surface area (Å²) in [6, 6.07) is 10.7. The van der Waals surface area contributed by atoms with Gasteiger partial charge in [0.25, 0.3) is 0 Å². The average Bonchev–Trinajstić information content (AvgIpc) is 2.66. The molecule has 0 bridgehead atoms. The third-order valence-corrected chi connectivity index (χ3v) is 5.73. The molecule has 0 saturated heterocycles. The van der Waals surface area contributed by atoms with Crippen molar-refractivity contribution in [3.63, 3.8) is 0 Å². The van der Waals surface area contributed by atoms with Crippen LogP contribution in [-0.2, 0) is 12.6 Å². The van der Waals surface area contributed by atoms with Crippen molar-refractivity contribution in [1.82, 2.24) is 4.98 Å². The van der Waals surface area contributed by atoms with E-state index in [1.807, 2.05) is 12.1 Å². The molecule has 1 aromatic carbocycles. The number of hydrogen-bond donors (Lipinski definition) is 0. The lowest BCUT2D eigenvalue weighted by Gasteiger charge is -2.27. The van der Waals surface area contributed by atoms with Crippen LogP contribution in [0.15, 0.2) is 42.6 Å². The van der Waals surface area contributed by atoms with Gasteiger partial charge >= 0.3 is 6.18 Å². The predicted octanol–water partition coefficient (Wildman–Crippen LogP) is 6.92. The monoisotopic (exact) mass is 361 g/mol. The molecule has 1 aliphatic carbocycles. The Labute approximate surface area is 153 Å². The predicted molar refractivity (Wildman–Crippen MR) is 98.7 cm³/mol. The lowest BCUT2D eigenvalue weighted by atomic mass is 9.78. The van der Waals surface area contributed by atoms with Crippen LogP contribution >= 0.6 is 0 Å². The Hall–Kier alpha value is -1.84. The number of benzene rings is 1. The molecular weight excluding hydrogens is 335 g/mol. The molecule has 2 aromatic rings. The average molecular weight is 361 g/mol. The number of aryl methyl sites for hydroxylation is 1. The fourth-order valence-electron chi connectivity index (χ4n) is 3.90. The minimum absolute atomic E-state index is 0.711. The minimum Gasteiger partial charge on any atom is -0.251 e. The third kappa shape index (κ3) is 4.87. The Kier molecular flexibility index (Phi) is 6.00. The lowest BCUT2D eigenvalue weighted by molar-refractivity contribution is -0.141. The molecule has 0 spiro atoms. The molecular formula is C22H26F3N. The van der Waals surface area contributed by atoms with Crippen LogP contribution in [0.3, 0.4) is 0 Å². The zero-order valence-electron chi connectivity index (χ0n) is 15.2. The van der Waals surface area contributed by atoms with Gasteiger partial charge in [0.1, 0.15) is 5.69 Å². The van der Waals surface area contributed by atoms with Crippen LogP contribution in [0.1, 0.15) is 56.7 Å². The summed E-state index contributed by atoms with van der Waals surface area (Å²) in [6.07, 6.45) is 5.99. The molecule has 26 heavy (non-hydrogen) atoms. The maximum absolute atomic E-state index is 12.6. The first-order valence-electron chi connectivity index (χ1n) is 9.58. The summed E-state index contributed by atoms with van der Waals surface area (Å²) in [6.45, 7) is 2.29. The van der Waals surface area contributed by atoms with Crippen LogP contribution in [0, 0.1) is 11.8 Å². The molecule has 1 aromatic heterocycles. The molecule has 1 heterocycles. The van der Waals surface area contributed by atoms with Crippen LogP contribution < -0.4 is 0 Å². The maximum atomic E-state index is 12.6. The SMILES string of the molecule is CC[C@H]1CC[C@H](CCc2ccc(-c3ccc(C(F)(F)F)nc3)cc2)CC1. The van der Waals surface area contributed by atoms with E-state index in [1.165, 1.54) is 56.4 Å². The van der Waals surface area contributed by atoms with E-state index in [0.29, 0.717) is 5.56 Å². The van der Waals surface area contributed by atoms with Crippen molar-refractivity contribution in [3.8, 4) is 11.1 Å². The van der Waals surface area contributed by atoms with Gasteiger partial charge in [-0.3, -0.25) is 4.98 Å². The summed E-state index contributed by atoms with van der Waals surface area (Å²) in [5.41, 5.74) is 2.06. The summed E-state index contributed by atoms with van der Waals surface area (Å²) in [5.74, 6) is 1.78. The van der Waals surface area contributed by atoms with Gasteiger partial charge in [0.05, 0.1) is 0 Å². The molecule has 1 nitrogen and oxygen atoms in total. The second-order valence-corrected chi connectivity index (χ2v) is 7.46. The van der Waals surface area contributed by atoms with Crippen molar-refractivity contribution in [1.29, 1.82) is 0 Å². The van der Waals surface area contributed by atoms with Crippen molar-refractivity contribution in [2.75, 3.05) is 0 Å². The highest BCUT2D eigenvalue weighted by Crippen LogP contribution is 2.33. The fourth-order valence-corrected chi connectivity index (χ4v) is 3.90. The van der Waals surface area contributed by atoms with Crippen LogP contribution in [0.2, 0.25) is 0 Å². The van der Waals surface area contributed by atoms with Gasteiger partial charge in [-0.1, -0.05) is 69.4 Å². The van der Waals surface area contributed by atoms with Gasteiger partial charge in [-0.05, 0) is 41.9 Å². The molecule has 0 N–H and O–H groups in total. The Bertz CT molecular complexity index is 681. The van der Waals surface area contributed by atoms with Crippen LogP contribution in [-0.4, -0.2) is 4.98 Å². The number of pyridine rings is 1. The first-order valence-corrected chi connectivity index (χ1v) is 9.58.